The molecule has 0 aliphatic heterocycles. The second-order valence-corrected chi connectivity index (χ2v) is 8.34. The fraction of sp³-hybridized carbons (Fsp3) is 0. The van der Waals surface area contributed by atoms with E-state index in [0.29, 0.717) is 27.1 Å². The Labute approximate surface area is 182 Å². The maximum atomic E-state index is 12.4. The van der Waals surface area contributed by atoms with Gasteiger partial charge in [-0.1, -0.05) is 29.3 Å². The Kier molecular flexibility index (Phi) is 6.29. The third kappa shape index (κ3) is 4.90. The van der Waals surface area contributed by atoms with Crippen molar-refractivity contribution >= 4 is 50.9 Å². The van der Waals surface area contributed by atoms with Gasteiger partial charge in [0.05, 0.1) is 14.9 Å². The lowest BCUT2D eigenvalue weighted by Gasteiger charge is -2.05. The molecular formula is C20H13Cl2N3O4S. The maximum absolute atomic E-state index is 12.4. The van der Waals surface area contributed by atoms with Gasteiger partial charge in [0.15, 0.2) is 0 Å². The summed E-state index contributed by atoms with van der Waals surface area (Å²) in [6, 6.07) is 15.3. The van der Waals surface area contributed by atoms with E-state index in [9.17, 15) is 18.5 Å². The largest absolute Gasteiger partial charge is 0.457 e. The molecular weight excluding hydrogens is 449 g/mol. The quantitative estimate of drug-likeness (QED) is 0.428. The number of anilines is 1. The van der Waals surface area contributed by atoms with E-state index in [1.807, 2.05) is 0 Å². The van der Waals surface area contributed by atoms with E-state index in [-0.39, 0.29) is 16.2 Å². The number of nitrogens with two attached hydrogens (primary N) is 1. The van der Waals surface area contributed by atoms with Gasteiger partial charge in [0, 0.05) is 17.3 Å². The molecule has 0 aliphatic rings. The van der Waals surface area contributed by atoms with Gasteiger partial charge in [-0.3, -0.25) is 4.79 Å². The number of benzene rings is 2. The van der Waals surface area contributed by atoms with E-state index in [1.54, 1.807) is 36.4 Å². The summed E-state index contributed by atoms with van der Waals surface area (Å²) in [7, 11) is -3.84. The third-order valence-corrected chi connectivity index (χ3v) is 5.68. The highest BCUT2D eigenvalue weighted by atomic mass is 35.5. The average Bonchev–Trinajstić information content (AvgIpc) is 3.16. The van der Waals surface area contributed by atoms with Crippen molar-refractivity contribution in [3.8, 4) is 17.4 Å². The molecule has 7 nitrogen and oxygen atoms in total. The topological polar surface area (TPSA) is 126 Å². The first-order chi connectivity index (χ1) is 14.2. The lowest BCUT2D eigenvalue weighted by Crippen LogP contribution is -2.14. The molecule has 0 spiro atoms. The molecule has 1 amide bonds. The molecule has 152 valence electrons. The van der Waals surface area contributed by atoms with E-state index in [2.05, 4.69) is 5.32 Å². The number of furan rings is 1. The molecule has 0 atom stereocenters. The van der Waals surface area contributed by atoms with Gasteiger partial charge in [-0.15, -0.1) is 0 Å². The Balaban J connectivity index is 1.81. The van der Waals surface area contributed by atoms with Gasteiger partial charge in [-0.2, -0.15) is 5.26 Å². The summed E-state index contributed by atoms with van der Waals surface area (Å²) in [5.74, 6) is -0.0121. The number of carbonyl (C=O) groups excluding carboxylic acids is 1. The summed E-state index contributed by atoms with van der Waals surface area (Å²) in [5.41, 5.74) is 0.643. The summed E-state index contributed by atoms with van der Waals surface area (Å²) in [6.45, 7) is 0. The number of sulfonamides is 1. The Hall–Kier alpha value is -3.09. The van der Waals surface area contributed by atoms with Gasteiger partial charge in [0.1, 0.15) is 23.2 Å². The fourth-order valence-electron chi connectivity index (χ4n) is 2.49. The van der Waals surface area contributed by atoms with Crippen LogP contribution in [0.5, 0.6) is 0 Å². The van der Waals surface area contributed by atoms with Crippen LogP contribution < -0.4 is 10.5 Å². The Bertz CT molecular complexity index is 1290. The summed E-state index contributed by atoms with van der Waals surface area (Å²) in [6.07, 6.45) is 1.27. The normalized spacial score (nSPS) is 11.7. The monoisotopic (exact) mass is 461 g/mol. The lowest BCUT2D eigenvalue weighted by atomic mass is 10.2. The summed E-state index contributed by atoms with van der Waals surface area (Å²) >= 11 is 12.2. The third-order valence-electron chi connectivity index (χ3n) is 3.94. The molecule has 10 heteroatoms. The first kappa shape index (κ1) is 21.6. The molecule has 0 saturated carbocycles. The number of amides is 1. The molecule has 0 saturated heterocycles. The second-order valence-electron chi connectivity index (χ2n) is 6.00. The first-order valence-electron chi connectivity index (χ1n) is 8.29. The first-order valence-corrected chi connectivity index (χ1v) is 10.6. The molecule has 0 radical (unpaired) electrons. The zero-order valence-corrected chi connectivity index (χ0v) is 17.4. The van der Waals surface area contributed by atoms with Crippen molar-refractivity contribution < 1.29 is 17.6 Å². The SMILES string of the molecule is N#C/C(=C\c1ccc(-c2cccc(Cl)c2Cl)o1)C(=O)Nc1ccc(S(N)(=O)=O)cc1. The van der Waals surface area contributed by atoms with Crippen LogP contribution in [-0.4, -0.2) is 14.3 Å². The highest BCUT2D eigenvalue weighted by Crippen LogP contribution is 2.34. The van der Waals surface area contributed by atoms with Crippen LogP contribution >= 0.6 is 23.2 Å². The van der Waals surface area contributed by atoms with Crippen molar-refractivity contribution in [2.75, 3.05) is 5.32 Å². The standard InChI is InChI=1S/C20H13Cl2N3O4S/c21-17-3-1-2-16(19(17)22)18-9-6-14(29-18)10-12(11-23)20(26)25-13-4-7-15(8-5-13)30(24,27)28/h1-10H,(H,25,26)(H2,24,27,28)/b12-10+. The Morgan fingerprint density at radius 1 is 1.10 bits per heavy atom. The van der Waals surface area contributed by atoms with E-state index in [0.717, 1.165) is 0 Å². The molecule has 3 aromatic rings. The average molecular weight is 462 g/mol. The predicted octanol–water partition coefficient (Wildman–Crippen LogP) is 4.45. The number of primary sulfonamides is 1. The van der Waals surface area contributed by atoms with Crippen molar-refractivity contribution in [1.29, 1.82) is 5.26 Å². The minimum atomic E-state index is -3.84. The van der Waals surface area contributed by atoms with Crippen molar-refractivity contribution in [3.05, 3.63) is 76.0 Å². The van der Waals surface area contributed by atoms with Crippen molar-refractivity contribution in [1.82, 2.24) is 0 Å². The van der Waals surface area contributed by atoms with Gasteiger partial charge < -0.3 is 9.73 Å². The van der Waals surface area contributed by atoms with Gasteiger partial charge >= 0.3 is 0 Å². The van der Waals surface area contributed by atoms with Crippen LogP contribution in [0.3, 0.4) is 0 Å². The smallest absolute Gasteiger partial charge is 0.266 e. The zero-order valence-electron chi connectivity index (χ0n) is 15.1. The fourth-order valence-corrected chi connectivity index (χ4v) is 3.40. The highest BCUT2D eigenvalue weighted by molar-refractivity contribution is 7.89. The van der Waals surface area contributed by atoms with Gasteiger partial charge in [0.2, 0.25) is 10.0 Å². The van der Waals surface area contributed by atoms with Crippen LogP contribution in [0.25, 0.3) is 17.4 Å². The van der Waals surface area contributed by atoms with Gasteiger partial charge in [-0.25, -0.2) is 13.6 Å². The molecule has 30 heavy (non-hydrogen) atoms. The number of carbonyl (C=O) groups is 1. The molecule has 0 bridgehead atoms. The number of nitrogens with one attached hydrogen (secondary N) is 1. The van der Waals surface area contributed by atoms with Crippen molar-refractivity contribution in [2.45, 2.75) is 4.90 Å². The maximum Gasteiger partial charge on any atom is 0.266 e. The Morgan fingerprint density at radius 2 is 1.80 bits per heavy atom. The minimum Gasteiger partial charge on any atom is -0.457 e. The summed E-state index contributed by atoms with van der Waals surface area (Å²) in [4.78, 5) is 12.3. The van der Waals surface area contributed by atoms with E-state index in [1.165, 1.54) is 30.3 Å². The molecule has 0 aliphatic carbocycles. The molecule has 0 fully saturated rings. The second kappa shape index (κ2) is 8.73. The number of halogens is 2. The van der Waals surface area contributed by atoms with Crippen LogP contribution in [0.4, 0.5) is 5.69 Å². The van der Waals surface area contributed by atoms with Crippen LogP contribution in [0, 0.1) is 11.3 Å². The number of nitrogens with zero attached hydrogens (tertiary/aromatic N) is 1. The van der Waals surface area contributed by atoms with E-state index < -0.39 is 15.9 Å². The van der Waals surface area contributed by atoms with Crippen molar-refractivity contribution in [3.63, 3.8) is 0 Å². The molecule has 2 aromatic carbocycles. The Morgan fingerprint density at radius 3 is 2.43 bits per heavy atom. The number of nitriles is 1. The van der Waals surface area contributed by atoms with Gasteiger partial charge in [0.25, 0.3) is 5.91 Å². The van der Waals surface area contributed by atoms with Crippen molar-refractivity contribution in [2.24, 2.45) is 5.14 Å². The summed E-state index contributed by atoms with van der Waals surface area (Å²) in [5, 5.41) is 17.6. The number of hydrogen-bond donors (Lipinski definition) is 2. The molecule has 3 N–H and O–H groups in total. The van der Waals surface area contributed by atoms with Gasteiger partial charge in [-0.05, 0) is 48.5 Å². The van der Waals surface area contributed by atoms with Crippen LogP contribution in [0.1, 0.15) is 5.76 Å². The molecule has 0 unspecified atom stereocenters. The minimum absolute atomic E-state index is 0.0978. The van der Waals surface area contributed by atoms with Crippen LogP contribution in [-0.2, 0) is 14.8 Å². The van der Waals surface area contributed by atoms with Crippen LogP contribution in [0.2, 0.25) is 10.0 Å². The molecule has 1 aromatic heterocycles. The van der Waals surface area contributed by atoms with Crippen LogP contribution in [0.15, 0.2) is 69.5 Å². The summed E-state index contributed by atoms with van der Waals surface area (Å²) < 4.78 is 28.2. The predicted molar refractivity (Wildman–Crippen MR) is 114 cm³/mol. The van der Waals surface area contributed by atoms with E-state index in [4.69, 9.17) is 32.8 Å². The number of hydrogen-bond acceptors (Lipinski definition) is 5. The van der Waals surface area contributed by atoms with E-state index >= 15 is 0 Å². The zero-order chi connectivity index (χ0) is 21.9. The molecule has 1 heterocycles. The molecule has 3 rings (SSSR count). The number of rotatable bonds is 5. The highest BCUT2D eigenvalue weighted by Gasteiger charge is 2.14. The lowest BCUT2D eigenvalue weighted by molar-refractivity contribution is -0.112.